The van der Waals surface area contributed by atoms with Crippen LogP contribution in [-0.2, 0) is 22.6 Å². The molecular formula is C29H35ClN4O4. The van der Waals surface area contributed by atoms with Crippen molar-refractivity contribution in [2.45, 2.75) is 26.4 Å². The Morgan fingerprint density at radius 2 is 1.68 bits per heavy atom. The lowest BCUT2D eigenvalue weighted by molar-refractivity contribution is -0.133. The monoisotopic (exact) mass is 538 g/mol. The van der Waals surface area contributed by atoms with Crippen LogP contribution in [0.25, 0.3) is 0 Å². The molecule has 2 aromatic carbocycles. The number of rotatable bonds is 11. The van der Waals surface area contributed by atoms with Crippen molar-refractivity contribution < 1.29 is 18.7 Å². The minimum atomic E-state index is -0.323. The van der Waals surface area contributed by atoms with Gasteiger partial charge in [-0.2, -0.15) is 0 Å². The van der Waals surface area contributed by atoms with Crippen LogP contribution in [0, 0.1) is 6.92 Å². The molecule has 1 aliphatic heterocycles. The van der Waals surface area contributed by atoms with E-state index < -0.39 is 0 Å². The predicted octanol–water partition coefficient (Wildman–Crippen LogP) is 5.03. The maximum absolute atomic E-state index is 13.7. The van der Waals surface area contributed by atoms with Crippen LogP contribution in [0.1, 0.15) is 23.5 Å². The molecule has 1 aliphatic rings. The molecule has 1 aromatic heterocycles. The standard InChI is InChI=1S/C29H35ClN4O4/c1-23-8-13-27(38-23)21-34(20-24-6-3-2-4-7-24)28(35)22-33(15-5-14-32-16-18-37-19-17-32)29(36)31-26-11-9-25(30)10-12-26/h2-4,6-13H,5,14-22H2,1H3,(H,31,36). The number of nitrogens with one attached hydrogen (secondary N) is 1. The largest absolute Gasteiger partial charge is 0.464 e. The molecule has 3 aromatic rings. The first-order valence-electron chi connectivity index (χ1n) is 12.9. The zero-order chi connectivity index (χ0) is 26.7. The summed E-state index contributed by atoms with van der Waals surface area (Å²) >= 11 is 6.00. The van der Waals surface area contributed by atoms with Crippen LogP contribution in [0.5, 0.6) is 0 Å². The Bertz CT molecular complexity index is 1160. The zero-order valence-corrected chi connectivity index (χ0v) is 22.5. The van der Waals surface area contributed by atoms with Crippen LogP contribution in [0.4, 0.5) is 10.5 Å². The van der Waals surface area contributed by atoms with Gasteiger partial charge in [-0.1, -0.05) is 41.9 Å². The van der Waals surface area contributed by atoms with E-state index in [1.165, 1.54) is 0 Å². The highest BCUT2D eigenvalue weighted by atomic mass is 35.5. The Morgan fingerprint density at radius 3 is 2.37 bits per heavy atom. The molecule has 0 unspecified atom stereocenters. The van der Waals surface area contributed by atoms with E-state index in [-0.39, 0.29) is 18.5 Å². The Hall–Kier alpha value is -3.33. The van der Waals surface area contributed by atoms with Crippen LogP contribution in [0.2, 0.25) is 5.02 Å². The molecule has 202 valence electrons. The fourth-order valence-corrected chi connectivity index (χ4v) is 4.48. The van der Waals surface area contributed by atoms with Gasteiger partial charge in [-0.3, -0.25) is 9.69 Å². The summed E-state index contributed by atoms with van der Waals surface area (Å²) in [6.45, 7) is 7.05. The number of benzene rings is 2. The molecule has 0 saturated carbocycles. The summed E-state index contributed by atoms with van der Waals surface area (Å²) < 4.78 is 11.2. The highest BCUT2D eigenvalue weighted by Crippen LogP contribution is 2.16. The number of morpholine rings is 1. The Morgan fingerprint density at radius 1 is 0.947 bits per heavy atom. The van der Waals surface area contributed by atoms with Crippen LogP contribution in [0.3, 0.4) is 0 Å². The number of furan rings is 1. The third-order valence-corrected chi connectivity index (χ3v) is 6.68. The van der Waals surface area contributed by atoms with Crippen molar-refractivity contribution in [3.63, 3.8) is 0 Å². The average Bonchev–Trinajstić information content (AvgIpc) is 3.34. The Balaban J connectivity index is 1.46. The SMILES string of the molecule is Cc1ccc(CN(Cc2ccccc2)C(=O)CN(CCCN2CCOCC2)C(=O)Nc2ccc(Cl)cc2)o1. The smallest absolute Gasteiger partial charge is 0.322 e. The summed E-state index contributed by atoms with van der Waals surface area (Å²) in [7, 11) is 0. The molecule has 0 bridgehead atoms. The van der Waals surface area contributed by atoms with Crippen molar-refractivity contribution in [2.75, 3.05) is 51.3 Å². The van der Waals surface area contributed by atoms with E-state index in [1.807, 2.05) is 49.4 Å². The van der Waals surface area contributed by atoms with Crippen LogP contribution in [0.15, 0.2) is 71.1 Å². The van der Waals surface area contributed by atoms with E-state index in [2.05, 4.69) is 10.2 Å². The second kappa shape index (κ2) is 14.0. The van der Waals surface area contributed by atoms with Gasteiger partial charge in [-0.05, 0) is 55.3 Å². The van der Waals surface area contributed by atoms with Gasteiger partial charge >= 0.3 is 6.03 Å². The van der Waals surface area contributed by atoms with E-state index in [4.69, 9.17) is 20.8 Å². The van der Waals surface area contributed by atoms with Crippen molar-refractivity contribution in [1.29, 1.82) is 0 Å². The number of hydrogen-bond donors (Lipinski definition) is 1. The molecule has 38 heavy (non-hydrogen) atoms. The summed E-state index contributed by atoms with van der Waals surface area (Å²) in [6, 6.07) is 20.2. The van der Waals surface area contributed by atoms with E-state index in [0.717, 1.165) is 50.6 Å². The van der Waals surface area contributed by atoms with Crippen molar-refractivity contribution in [1.82, 2.24) is 14.7 Å². The van der Waals surface area contributed by atoms with Gasteiger partial charge in [0, 0.05) is 43.4 Å². The van der Waals surface area contributed by atoms with Gasteiger partial charge in [-0.25, -0.2) is 4.79 Å². The molecule has 9 heteroatoms. The normalized spacial score (nSPS) is 13.7. The molecule has 1 saturated heterocycles. The Kier molecular flexibility index (Phi) is 10.2. The molecule has 1 N–H and O–H groups in total. The number of carbonyl (C=O) groups is 2. The highest BCUT2D eigenvalue weighted by Gasteiger charge is 2.23. The number of anilines is 1. The van der Waals surface area contributed by atoms with Gasteiger partial charge in [-0.15, -0.1) is 0 Å². The Labute approximate surface area is 229 Å². The van der Waals surface area contributed by atoms with Crippen molar-refractivity contribution in [2.24, 2.45) is 0 Å². The van der Waals surface area contributed by atoms with E-state index >= 15 is 0 Å². The topological polar surface area (TPSA) is 78.3 Å². The lowest BCUT2D eigenvalue weighted by Crippen LogP contribution is -2.45. The van der Waals surface area contributed by atoms with Gasteiger partial charge in [0.25, 0.3) is 0 Å². The molecular weight excluding hydrogens is 504 g/mol. The van der Waals surface area contributed by atoms with Crippen molar-refractivity contribution in [3.8, 4) is 0 Å². The molecule has 3 amide bonds. The predicted molar refractivity (Wildman–Crippen MR) is 148 cm³/mol. The number of nitrogens with zero attached hydrogens (tertiary/aromatic N) is 3. The average molecular weight is 539 g/mol. The van der Waals surface area contributed by atoms with Gasteiger partial charge < -0.3 is 24.3 Å². The summed E-state index contributed by atoms with van der Waals surface area (Å²) in [4.78, 5) is 32.6. The first kappa shape index (κ1) is 27.7. The number of urea groups is 1. The van der Waals surface area contributed by atoms with Gasteiger partial charge in [0.1, 0.15) is 18.1 Å². The van der Waals surface area contributed by atoms with E-state index in [9.17, 15) is 9.59 Å². The quantitative estimate of drug-likeness (QED) is 0.370. The van der Waals surface area contributed by atoms with Crippen LogP contribution in [-0.4, -0.2) is 72.6 Å². The summed E-state index contributed by atoms with van der Waals surface area (Å²) in [5, 5.41) is 3.50. The lowest BCUT2D eigenvalue weighted by Gasteiger charge is -2.30. The second-order valence-electron chi connectivity index (χ2n) is 9.41. The fourth-order valence-electron chi connectivity index (χ4n) is 4.36. The van der Waals surface area contributed by atoms with E-state index in [1.54, 1.807) is 34.1 Å². The maximum atomic E-state index is 13.7. The third kappa shape index (κ3) is 8.62. The minimum absolute atomic E-state index is 0.0466. The number of hydrogen-bond acceptors (Lipinski definition) is 5. The number of halogens is 1. The van der Waals surface area contributed by atoms with Gasteiger partial charge in [0.15, 0.2) is 0 Å². The fraction of sp³-hybridized carbons (Fsp3) is 0.379. The molecule has 2 heterocycles. The van der Waals surface area contributed by atoms with Crippen molar-refractivity contribution >= 4 is 29.2 Å². The summed E-state index contributed by atoms with van der Waals surface area (Å²) in [5.41, 5.74) is 1.63. The second-order valence-corrected chi connectivity index (χ2v) is 9.85. The van der Waals surface area contributed by atoms with Gasteiger partial charge in [0.05, 0.1) is 19.8 Å². The molecule has 0 spiro atoms. The minimum Gasteiger partial charge on any atom is -0.464 e. The first-order chi connectivity index (χ1) is 18.5. The number of carbonyl (C=O) groups excluding carboxylic acids is 2. The molecule has 8 nitrogen and oxygen atoms in total. The molecule has 0 atom stereocenters. The van der Waals surface area contributed by atoms with Crippen molar-refractivity contribution in [3.05, 3.63) is 88.8 Å². The summed E-state index contributed by atoms with van der Waals surface area (Å²) in [6.07, 6.45) is 0.747. The van der Waals surface area contributed by atoms with Crippen LogP contribution < -0.4 is 5.32 Å². The molecule has 0 radical (unpaired) electrons. The zero-order valence-electron chi connectivity index (χ0n) is 21.8. The van der Waals surface area contributed by atoms with Gasteiger partial charge in [0.2, 0.25) is 5.91 Å². The van der Waals surface area contributed by atoms with Crippen LogP contribution >= 0.6 is 11.6 Å². The number of ether oxygens (including phenoxy) is 1. The summed E-state index contributed by atoms with van der Waals surface area (Å²) in [5.74, 6) is 1.34. The molecule has 0 aliphatic carbocycles. The first-order valence-corrected chi connectivity index (χ1v) is 13.3. The lowest BCUT2D eigenvalue weighted by atomic mass is 10.2. The maximum Gasteiger partial charge on any atom is 0.322 e. The highest BCUT2D eigenvalue weighted by molar-refractivity contribution is 6.30. The number of amides is 3. The molecule has 1 fully saturated rings. The number of aryl methyl sites for hydroxylation is 1. The molecule has 4 rings (SSSR count). The van der Waals surface area contributed by atoms with E-state index in [0.29, 0.717) is 36.1 Å². The third-order valence-electron chi connectivity index (χ3n) is 6.43.